The molecule has 2 saturated carbocycles. The number of halogens is 1. The summed E-state index contributed by atoms with van der Waals surface area (Å²) in [6, 6.07) is 10.4. The first-order chi connectivity index (χ1) is 9.74. The number of hydrogen-bond donors (Lipinski definition) is 1. The van der Waals surface area contributed by atoms with Gasteiger partial charge in [0, 0.05) is 21.8 Å². The molecule has 110 valence electrons. The van der Waals surface area contributed by atoms with Crippen molar-refractivity contribution < 1.29 is 0 Å². The fourth-order valence-corrected chi connectivity index (χ4v) is 5.16. The van der Waals surface area contributed by atoms with E-state index < -0.39 is 0 Å². The topological polar surface area (TPSA) is 12.0 Å². The third kappa shape index (κ3) is 3.61. The lowest BCUT2D eigenvalue weighted by atomic mass is 9.75. The zero-order valence-corrected chi connectivity index (χ0v) is 14.6. The quantitative estimate of drug-likeness (QED) is 0.802. The van der Waals surface area contributed by atoms with E-state index >= 15 is 0 Å². The third-order valence-electron chi connectivity index (χ3n) is 4.72. The molecule has 0 amide bonds. The predicted octanol–water partition coefficient (Wildman–Crippen LogP) is 4.96. The summed E-state index contributed by atoms with van der Waals surface area (Å²) in [5, 5.41) is 4.81. The number of thioether (sulfide) groups is 1. The van der Waals surface area contributed by atoms with Crippen LogP contribution in [0.3, 0.4) is 0 Å². The fourth-order valence-electron chi connectivity index (χ4n) is 3.60. The van der Waals surface area contributed by atoms with E-state index in [0.29, 0.717) is 0 Å². The second-order valence-corrected chi connectivity index (χ2v) is 8.67. The van der Waals surface area contributed by atoms with Gasteiger partial charge in [-0.2, -0.15) is 11.8 Å². The lowest BCUT2D eigenvalue weighted by Crippen LogP contribution is -2.44. The Balaban J connectivity index is 1.43. The normalized spacial score (nSPS) is 33.1. The molecule has 0 spiro atoms. The lowest BCUT2D eigenvalue weighted by molar-refractivity contribution is 0.265. The van der Waals surface area contributed by atoms with E-state index in [1.165, 1.54) is 47.9 Å². The van der Waals surface area contributed by atoms with Crippen molar-refractivity contribution in [3.8, 4) is 0 Å². The molecule has 0 heterocycles. The maximum Gasteiger partial charge on any atom is 0.0178 e. The zero-order valence-electron chi connectivity index (χ0n) is 12.1. The Morgan fingerprint density at radius 3 is 2.80 bits per heavy atom. The number of hydrogen-bond acceptors (Lipinski definition) is 2. The number of nitrogens with one attached hydrogen (secondary N) is 1. The summed E-state index contributed by atoms with van der Waals surface area (Å²) in [5.74, 6) is 2.04. The Kier molecular flexibility index (Phi) is 5.11. The second kappa shape index (κ2) is 6.85. The van der Waals surface area contributed by atoms with Crippen LogP contribution in [0, 0.1) is 0 Å². The van der Waals surface area contributed by atoms with Crippen molar-refractivity contribution in [1.82, 2.24) is 5.32 Å². The number of rotatable bonds is 5. The van der Waals surface area contributed by atoms with Gasteiger partial charge in [-0.15, -0.1) is 0 Å². The van der Waals surface area contributed by atoms with Crippen molar-refractivity contribution in [2.45, 2.75) is 62.3 Å². The van der Waals surface area contributed by atoms with Crippen LogP contribution in [0.2, 0.25) is 0 Å². The van der Waals surface area contributed by atoms with Gasteiger partial charge in [-0.25, -0.2) is 0 Å². The van der Waals surface area contributed by atoms with E-state index in [9.17, 15) is 0 Å². The summed E-state index contributed by atoms with van der Waals surface area (Å²) in [7, 11) is 0. The number of benzene rings is 1. The van der Waals surface area contributed by atoms with Gasteiger partial charge in [-0.05, 0) is 61.5 Å². The minimum atomic E-state index is 0.759. The second-order valence-electron chi connectivity index (χ2n) is 6.17. The summed E-state index contributed by atoms with van der Waals surface area (Å²) >= 11 is 5.72. The predicted molar refractivity (Wildman–Crippen MR) is 92.6 cm³/mol. The van der Waals surface area contributed by atoms with Crippen molar-refractivity contribution in [2.24, 2.45) is 0 Å². The highest BCUT2D eigenvalue weighted by Gasteiger charge is 2.33. The first-order valence-corrected chi connectivity index (χ1v) is 9.72. The first-order valence-electron chi connectivity index (χ1n) is 7.87. The minimum Gasteiger partial charge on any atom is -0.311 e. The van der Waals surface area contributed by atoms with Gasteiger partial charge in [-0.1, -0.05) is 35.0 Å². The van der Waals surface area contributed by atoms with E-state index in [1.54, 1.807) is 0 Å². The van der Waals surface area contributed by atoms with Crippen LogP contribution in [0.1, 0.15) is 50.5 Å². The molecule has 0 bridgehead atoms. The van der Waals surface area contributed by atoms with E-state index in [1.807, 2.05) is 0 Å². The maximum atomic E-state index is 3.89. The van der Waals surface area contributed by atoms with E-state index in [2.05, 4.69) is 64.2 Å². The van der Waals surface area contributed by atoms with Gasteiger partial charge in [-0.3, -0.25) is 0 Å². The van der Waals surface area contributed by atoms with Crippen molar-refractivity contribution in [1.29, 1.82) is 0 Å². The largest absolute Gasteiger partial charge is 0.311 e. The molecule has 0 radical (unpaired) electrons. The Hall–Kier alpha value is 0.01000. The van der Waals surface area contributed by atoms with Crippen molar-refractivity contribution in [3.63, 3.8) is 0 Å². The Labute approximate surface area is 135 Å². The highest BCUT2D eigenvalue weighted by atomic mass is 79.9. The van der Waals surface area contributed by atoms with Gasteiger partial charge in [0.2, 0.25) is 0 Å². The van der Waals surface area contributed by atoms with Gasteiger partial charge >= 0.3 is 0 Å². The molecule has 0 aromatic heterocycles. The highest BCUT2D eigenvalue weighted by molar-refractivity contribution is 9.10. The standard InChI is InChI=1S/C17H24BrNS/c1-2-20-17-7-6-15(11-17)19-16-9-13(10-16)12-4-3-5-14(18)8-12/h3-5,8,13,15-17,19H,2,6-7,9-11H2,1H3. The average molecular weight is 354 g/mol. The highest BCUT2D eigenvalue weighted by Crippen LogP contribution is 2.39. The average Bonchev–Trinajstić information content (AvgIpc) is 2.81. The zero-order chi connectivity index (χ0) is 13.9. The Bertz CT molecular complexity index is 444. The van der Waals surface area contributed by atoms with Crippen LogP contribution in [0.5, 0.6) is 0 Å². The maximum absolute atomic E-state index is 3.89. The van der Waals surface area contributed by atoms with Crippen LogP contribution in [0.15, 0.2) is 28.7 Å². The Morgan fingerprint density at radius 1 is 1.20 bits per heavy atom. The summed E-state index contributed by atoms with van der Waals surface area (Å²) in [5.41, 5.74) is 1.50. The van der Waals surface area contributed by atoms with Crippen LogP contribution in [0.4, 0.5) is 0 Å². The molecule has 0 saturated heterocycles. The summed E-state index contributed by atoms with van der Waals surface area (Å²) < 4.78 is 1.21. The molecular formula is C17H24BrNS. The smallest absolute Gasteiger partial charge is 0.0178 e. The minimum absolute atomic E-state index is 0.759. The third-order valence-corrected chi connectivity index (χ3v) is 6.44. The molecule has 2 unspecified atom stereocenters. The van der Waals surface area contributed by atoms with Crippen LogP contribution >= 0.6 is 27.7 Å². The molecule has 0 aliphatic heterocycles. The van der Waals surface area contributed by atoms with Crippen LogP contribution in [-0.4, -0.2) is 23.1 Å². The van der Waals surface area contributed by atoms with Gasteiger partial charge < -0.3 is 5.32 Å². The van der Waals surface area contributed by atoms with Crippen LogP contribution in [0.25, 0.3) is 0 Å². The molecule has 3 heteroatoms. The Morgan fingerprint density at radius 2 is 2.05 bits per heavy atom. The van der Waals surface area contributed by atoms with E-state index in [4.69, 9.17) is 0 Å². The lowest BCUT2D eigenvalue weighted by Gasteiger charge is -2.38. The first kappa shape index (κ1) is 14.9. The molecule has 2 aliphatic carbocycles. The van der Waals surface area contributed by atoms with E-state index in [0.717, 1.165) is 23.3 Å². The van der Waals surface area contributed by atoms with Gasteiger partial charge in [0.15, 0.2) is 0 Å². The molecule has 1 nitrogen and oxygen atoms in total. The van der Waals surface area contributed by atoms with Gasteiger partial charge in [0.1, 0.15) is 0 Å². The molecule has 2 aliphatic rings. The van der Waals surface area contributed by atoms with Crippen LogP contribution < -0.4 is 5.32 Å². The fraction of sp³-hybridized carbons (Fsp3) is 0.647. The molecule has 1 aromatic rings. The molecule has 20 heavy (non-hydrogen) atoms. The molecule has 2 atom stereocenters. The van der Waals surface area contributed by atoms with Crippen LogP contribution in [-0.2, 0) is 0 Å². The molecule has 3 rings (SSSR count). The SMILES string of the molecule is CCSC1CCC(NC2CC(c3cccc(Br)c3)C2)C1. The summed E-state index contributed by atoms with van der Waals surface area (Å²) in [6.45, 7) is 2.28. The van der Waals surface area contributed by atoms with E-state index in [-0.39, 0.29) is 0 Å². The molecular weight excluding hydrogens is 330 g/mol. The summed E-state index contributed by atoms with van der Waals surface area (Å²) in [6.07, 6.45) is 6.82. The van der Waals surface area contributed by atoms with Crippen molar-refractivity contribution in [2.75, 3.05) is 5.75 Å². The van der Waals surface area contributed by atoms with Gasteiger partial charge in [0.25, 0.3) is 0 Å². The molecule has 2 fully saturated rings. The molecule has 1 aromatic carbocycles. The van der Waals surface area contributed by atoms with Crippen molar-refractivity contribution in [3.05, 3.63) is 34.3 Å². The monoisotopic (exact) mass is 353 g/mol. The molecule has 1 N–H and O–H groups in total. The van der Waals surface area contributed by atoms with Gasteiger partial charge in [0.05, 0.1) is 0 Å². The van der Waals surface area contributed by atoms with Crippen molar-refractivity contribution >= 4 is 27.7 Å². The summed E-state index contributed by atoms with van der Waals surface area (Å²) in [4.78, 5) is 0.